The molecule has 5 aromatic rings. The first-order valence-electron chi connectivity index (χ1n) is 10.3. The maximum atomic E-state index is 13.2. The van der Waals surface area contributed by atoms with Gasteiger partial charge in [-0.15, -0.1) is 11.3 Å². The van der Waals surface area contributed by atoms with E-state index in [0.29, 0.717) is 10.8 Å². The summed E-state index contributed by atoms with van der Waals surface area (Å²) in [6, 6.07) is 23.4. The van der Waals surface area contributed by atoms with Crippen molar-refractivity contribution in [1.82, 2.24) is 14.5 Å². The van der Waals surface area contributed by atoms with Crippen LogP contribution in [0.15, 0.2) is 79.4 Å². The van der Waals surface area contributed by atoms with E-state index in [-0.39, 0.29) is 18.9 Å². The Morgan fingerprint density at radius 2 is 1.78 bits per heavy atom. The first-order valence-corrected chi connectivity index (χ1v) is 11.1. The smallest absolute Gasteiger partial charge is 0.211 e. The molecule has 0 aliphatic heterocycles. The highest BCUT2D eigenvalue weighted by Crippen LogP contribution is 2.25. The number of thiazole rings is 1. The zero-order valence-corrected chi connectivity index (χ0v) is 18.4. The minimum absolute atomic E-state index is 0.0459. The van der Waals surface area contributed by atoms with Gasteiger partial charge in [0.2, 0.25) is 5.78 Å². The lowest BCUT2D eigenvalue weighted by atomic mass is 10.1. The number of hydrogen-bond donors (Lipinski definition) is 0. The molecule has 2 aromatic heterocycles. The number of fused-ring (bicyclic) bond motifs is 2. The summed E-state index contributed by atoms with van der Waals surface area (Å²) in [7, 11) is 0. The van der Waals surface area contributed by atoms with Gasteiger partial charge in [-0.3, -0.25) is 4.79 Å². The van der Waals surface area contributed by atoms with Crippen LogP contribution in [0.4, 0.5) is 0 Å². The summed E-state index contributed by atoms with van der Waals surface area (Å²) in [4.78, 5) is 22.5. The molecule has 0 N–H and O–H groups in total. The van der Waals surface area contributed by atoms with Crippen molar-refractivity contribution in [2.24, 2.45) is 0 Å². The summed E-state index contributed by atoms with van der Waals surface area (Å²) < 4.78 is 8.88. The van der Waals surface area contributed by atoms with E-state index < -0.39 is 0 Å². The number of carbonyl (C=O) groups is 1. The van der Waals surface area contributed by atoms with E-state index in [1.165, 1.54) is 11.3 Å². The average molecular weight is 440 g/mol. The van der Waals surface area contributed by atoms with E-state index in [2.05, 4.69) is 11.6 Å². The predicted molar refractivity (Wildman–Crippen MR) is 129 cm³/mol. The van der Waals surface area contributed by atoms with Gasteiger partial charge in [0.1, 0.15) is 18.2 Å². The molecule has 0 saturated carbocycles. The SMILES string of the molecule is C=C(C)c1ccc2c(c1)nc(COc1ccccc1)n2CC(=O)c1nc2ccccc2s1. The fourth-order valence-electron chi connectivity index (χ4n) is 3.60. The van der Waals surface area contributed by atoms with Crippen LogP contribution < -0.4 is 4.74 Å². The largest absolute Gasteiger partial charge is 0.486 e. The summed E-state index contributed by atoms with van der Waals surface area (Å²) in [5.41, 5.74) is 4.53. The fourth-order valence-corrected chi connectivity index (χ4v) is 4.49. The Morgan fingerprint density at radius 3 is 2.56 bits per heavy atom. The molecule has 0 unspecified atom stereocenters. The molecule has 0 atom stereocenters. The van der Waals surface area contributed by atoms with Gasteiger partial charge < -0.3 is 9.30 Å². The lowest BCUT2D eigenvalue weighted by Crippen LogP contribution is -2.14. The van der Waals surface area contributed by atoms with Gasteiger partial charge in [-0.25, -0.2) is 9.97 Å². The van der Waals surface area contributed by atoms with Crippen LogP contribution in [0.5, 0.6) is 5.75 Å². The summed E-state index contributed by atoms with van der Waals surface area (Å²) in [5, 5.41) is 0.501. The Balaban J connectivity index is 1.51. The molecule has 0 saturated heterocycles. The summed E-state index contributed by atoms with van der Waals surface area (Å²) in [5.74, 6) is 1.40. The van der Waals surface area contributed by atoms with Crippen molar-refractivity contribution in [3.8, 4) is 5.75 Å². The van der Waals surface area contributed by atoms with E-state index in [1.54, 1.807) is 0 Å². The van der Waals surface area contributed by atoms with Gasteiger partial charge in [0.15, 0.2) is 5.01 Å². The molecule has 0 aliphatic rings. The van der Waals surface area contributed by atoms with Crippen LogP contribution in [-0.4, -0.2) is 20.3 Å². The molecule has 0 amide bonds. The lowest BCUT2D eigenvalue weighted by Gasteiger charge is -2.09. The molecule has 3 aromatic carbocycles. The van der Waals surface area contributed by atoms with Crippen molar-refractivity contribution in [2.45, 2.75) is 20.1 Å². The average Bonchev–Trinajstić information content (AvgIpc) is 3.39. The summed E-state index contributed by atoms with van der Waals surface area (Å²) >= 11 is 1.42. The number of allylic oxidation sites excluding steroid dienone is 1. The van der Waals surface area contributed by atoms with Gasteiger partial charge in [0.25, 0.3) is 0 Å². The Hall–Kier alpha value is -3.77. The first-order chi connectivity index (χ1) is 15.6. The van der Waals surface area contributed by atoms with Gasteiger partial charge >= 0.3 is 0 Å². The Morgan fingerprint density at radius 1 is 1.00 bits per heavy atom. The van der Waals surface area contributed by atoms with Crippen LogP contribution in [0, 0.1) is 0 Å². The van der Waals surface area contributed by atoms with Gasteiger partial charge in [-0.2, -0.15) is 0 Å². The minimum atomic E-state index is -0.0459. The third-order valence-corrected chi connectivity index (χ3v) is 6.34. The molecule has 0 aliphatic carbocycles. The van der Waals surface area contributed by atoms with Crippen molar-refractivity contribution >= 4 is 43.9 Å². The standard InChI is InChI=1S/C26H21N3O2S/c1-17(2)18-12-13-22-21(14-18)27-25(16-31-19-8-4-3-5-9-19)29(22)15-23(30)26-28-20-10-6-7-11-24(20)32-26/h3-14H,1,15-16H2,2H3. The van der Waals surface area contributed by atoms with Crippen LogP contribution in [-0.2, 0) is 13.2 Å². The molecule has 0 spiro atoms. The second-order valence-corrected chi connectivity index (χ2v) is 8.64. The van der Waals surface area contributed by atoms with E-state index in [0.717, 1.165) is 38.1 Å². The minimum Gasteiger partial charge on any atom is -0.486 e. The molecule has 2 heterocycles. The fraction of sp³-hybridized carbons (Fsp3) is 0.115. The number of ketones is 1. The molecular formula is C26H21N3O2S. The monoisotopic (exact) mass is 439 g/mol. The highest BCUT2D eigenvalue weighted by Gasteiger charge is 2.18. The van der Waals surface area contributed by atoms with Crippen molar-refractivity contribution in [2.75, 3.05) is 0 Å². The second kappa shape index (κ2) is 8.40. The molecule has 32 heavy (non-hydrogen) atoms. The van der Waals surface area contributed by atoms with Gasteiger partial charge in [0.05, 0.1) is 27.8 Å². The predicted octanol–water partition coefficient (Wildman–Crippen LogP) is 6.14. The molecule has 158 valence electrons. The van der Waals surface area contributed by atoms with Gasteiger partial charge in [-0.05, 0) is 48.9 Å². The van der Waals surface area contributed by atoms with E-state index >= 15 is 0 Å². The lowest BCUT2D eigenvalue weighted by molar-refractivity contribution is 0.0971. The summed E-state index contributed by atoms with van der Waals surface area (Å²) in [6.45, 7) is 6.40. The number of imidazole rings is 1. The third-order valence-electron chi connectivity index (χ3n) is 5.27. The molecule has 0 fully saturated rings. The second-order valence-electron chi connectivity index (χ2n) is 7.61. The zero-order chi connectivity index (χ0) is 22.1. The number of nitrogens with zero attached hydrogens (tertiary/aromatic N) is 3. The molecule has 6 heteroatoms. The number of ether oxygens (including phenoxy) is 1. The summed E-state index contributed by atoms with van der Waals surface area (Å²) in [6.07, 6.45) is 0. The number of benzene rings is 3. The van der Waals surface area contributed by atoms with Crippen LogP contribution in [0.3, 0.4) is 0 Å². The van der Waals surface area contributed by atoms with E-state index in [9.17, 15) is 4.79 Å². The third kappa shape index (κ3) is 3.92. The molecule has 5 nitrogen and oxygen atoms in total. The van der Waals surface area contributed by atoms with E-state index in [1.807, 2.05) is 84.3 Å². The number of rotatable bonds is 7. The quantitative estimate of drug-likeness (QED) is 0.286. The van der Waals surface area contributed by atoms with E-state index in [4.69, 9.17) is 9.72 Å². The number of aromatic nitrogens is 3. The van der Waals surface area contributed by atoms with Crippen LogP contribution in [0.25, 0.3) is 26.8 Å². The van der Waals surface area contributed by atoms with Gasteiger partial charge in [0, 0.05) is 0 Å². The normalized spacial score (nSPS) is 11.2. The van der Waals surface area contributed by atoms with Gasteiger partial charge in [-0.1, -0.05) is 48.6 Å². The maximum Gasteiger partial charge on any atom is 0.211 e. The Kier molecular flexibility index (Phi) is 5.29. The molecule has 5 rings (SSSR count). The number of para-hydroxylation sites is 2. The number of hydrogen-bond acceptors (Lipinski definition) is 5. The maximum absolute atomic E-state index is 13.2. The van der Waals surface area contributed by atoms with Crippen LogP contribution in [0.2, 0.25) is 0 Å². The molecule has 0 radical (unpaired) electrons. The Bertz CT molecular complexity index is 1420. The van der Waals surface area contributed by atoms with Crippen molar-refractivity contribution in [3.63, 3.8) is 0 Å². The van der Waals surface area contributed by atoms with Crippen molar-refractivity contribution < 1.29 is 9.53 Å². The Labute approximate surface area is 189 Å². The van der Waals surface area contributed by atoms with Crippen molar-refractivity contribution in [1.29, 1.82) is 0 Å². The number of carbonyl (C=O) groups excluding carboxylic acids is 1. The van der Waals surface area contributed by atoms with Crippen molar-refractivity contribution in [3.05, 3.63) is 95.8 Å². The van der Waals surface area contributed by atoms with Crippen LogP contribution in [0.1, 0.15) is 28.1 Å². The molecule has 0 bridgehead atoms. The first kappa shape index (κ1) is 20.2. The number of Topliss-reactive ketones (excluding diaryl/α,β-unsaturated/α-hetero) is 1. The highest BCUT2D eigenvalue weighted by atomic mass is 32.1. The van der Waals surface area contributed by atoms with Crippen LogP contribution >= 0.6 is 11.3 Å². The molecular weight excluding hydrogens is 418 g/mol. The zero-order valence-electron chi connectivity index (χ0n) is 17.6. The highest BCUT2D eigenvalue weighted by molar-refractivity contribution is 7.20. The topological polar surface area (TPSA) is 57.0 Å².